The highest BCUT2D eigenvalue weighted by Crippen LogP contribution is 2.26. The number of fused-ring (bicyclic) bond motifs is 1. The third kappa shape index (κ3) is 3.83. The van der Waals surface area contributed by atoms with Gasteiger partial charge >= 0.3 is 0 Å². The summed E-state index contributed by atoms with van der Waals surface area (Å²) in [6.45, 7) is 10.4. The maximum atomic E-state index is 5.47. The van der Waals surface area contributed by atoms with E-state index in [1.54, 1.807) is 0 Å². The van der Waals surface area contributed by atoms with Crippen LogP contribution in [-0.2, 0) is 31.2 Å². The zero-order valence-electron chi connectivity index (χ0n) is 17.6. The lowest BCUT2D eigenvalue weighted by Gasteiger charge is -2.36. The number of ether oxygens (including phenoxy) is 1. The van der Waals surface area contributed by atoms with Gasteiger partial charge in [0.25, 0.3) is 0 Å². The highest BCUT2D eigenvalue weighted by Gasteiger charge is 2.25. The first kappa shape index (κ1) is 18.8. The highest BCUT2D eigenvalue weighted by molar-refractivity contribution is 5.46. The molecule has 0 saturated carbocycles. The number of anilines is 2. The number of hydrogen-bond acceptors (Lipinski definition) is 7. The Labute approximate surface area is 172 Å². The summed E-state index contributed by atoms with van der Waals surface area (Å²) >= 11 is 0. The number of hydrogen-bond donors (Lipinski definition) is 0. The minimum Gasteiger partial charge on any atom is -0.378 e. The minimum absolute atomic E-state index is 0.753. The second-order valence-corrected chi connectivity index (χ2v) is 8.38. The number of rotatable bonds is 4. The van der Waals surface area contributed by atoms with Crippen LogP contribution in [0.2, 0.25) is 0 Å². The van der Waals surface area contributed by atoms with E-state index in [1.807, 2.05) is 0 Å². The molecule has 0 N–H and O–H groups in total. The van der Waals surface area contributed by atoms with Crippen LogP contribution in [0.4, 0.5) is 11.8 Å². The van der Waals surface area contributed by atoms with Gasteiger partial charge in [0.15, 0.2) is 0 Å². The molecule has 0 atom stereocenters. The van der Waals surface area contributed by atoms with Crippen molar-refractivity contribution in [1.82, 2.24) is 24.6 Å². The van der Waals surface area contributed by atoms with Crippen molar-refractivity contribution in [2.75, 3.05) is 62.3 Å². The first-order valence-corrected chi connectivity index (χ1v) is 10.9. The minimum atomic E-state index is 0.753. The zero-order valence-corrected chi connectivity index (χ0v) is 17.6. The maximum absolute atomic E-state index is 5.47. The Morgan fingerprint density at radius 3 is 2.55 bits per heavy atom. The maximum Gasteiger partial charge on any atom is 0.227 e. The van der Waals surface area contributed by atoms with Gasteiger partial charge in [0.05, 0.1) is 24.6 Å². The molecule has 2 aliphatic heterocycles. The molecule has 1 aliphatic carbocycles. The van der Waals surface area contributed by atoms with Crippen molar-refractivity contribution in [3.63, 3.8) is 0 Å². The molecule has 4 heterocycles. The van der Waals surface area contributed by atoms with Crippen molar-refractivity contribution in [3.05, 3.63) is 28.7 Å². The van der Waals surface area contributed by atoms with E-state index in [2.05, 4.69) is 44.4 Å². The number of aromatic nitrogens is 4. The predicted octanol–water partition coefficient (Wildman–Crippen LogP) is 1.17. The molecule has 2 aromatic rings. The number of morpholine rings is 1. The van der Waals surface area contributed by atoms with Gasteiger partial charge in [-0.05, 0) is 31.7 Å². The number of piperazine rings is 1. The molecule has 2 fully saturated rings. The van der Waals surface area contributed by atoms with Gasteiger partial charge in [-0.2, -0.15) is 10.1 Å². The molecule has 29 heavy (non-hydrogen) atoms. The van der Waals surface area contributed by atoms with Crippen LogP contribution in [0.3, 0.4) is 0 Å². The average molecular weight is 398 g/mol. The lowest BCUT2D eigenvalue weighted by Crippen LogP contribution is -2.46. The van der Waals surface area contributed by atoms with Crippen molar-refractivity contribution < 1.29 is 4.74 Å². The van der Waals surface area contributed by atoms with Gasteiger partial charge in [-0.1, -0.05) is 0 Å². The largest absolute Gasteiger partial charge is 0.378 e. The number of nitrogens with zero attached hydrogens (tertiary/aromatic N) is 7. The van der Waals surface area contributed by atoms with Crippen LogP contribution >= 0.6 is 0 Å². The van der Waals surface area contributed by atoms with Crippen LogP contribution in [0.15, 0.2) is 6.07 Å². The van der Waals surface area contributed by atoms with E-state index in [9.17, 15) is 0 Å². The monoisotopic (exact) mass is 397 g/mol. The molecule has 2 saturated heterocycles. The average Bonchev–Trinajstić information content (AvgIpc) is 3.31. The van der Waals surface area contributed by atoms with Gasteiger partial charge in [-0.15, -0.1) is 0 Å². The Hall–Kier alpha value is -2.19. The molecule has 0 aromatic carbocycles. The van der Waals surface area contributed by atoms with Crippen molar-refractivity contribution in [2.45, 2.75) is 32.7 Å². The van der Waals surface area contributed by atoms with Gasteiger partial charge in [0, 0.05) is 64.6 Å². The van der Waals surface area contributed by atoms with Crippen LogP contribution in [-0.4, -0.2) is 77.1 Å². The summed E-state index contributed by atoms with van der Waals surface area (Å²) in [5.74, 6) is 1.90. The van der Waals surface area contributed by atoms with E-state index >= 15 is 0 Å². The quantitative estimate of drug-likeness (QED) is 0.767. The summed E-state index contributed by atoms with van der Waals surface area (Å²) in [5, 5.41) is 4.73. The Morgan fingerprint density at radius 1 is 0.966 bits per heavy atom. The molecule has 8 heteroatoms. The molecule has 8 nitrogen and oxygen atoms in total. The van der Waals surface area contributed by atoms with Crippen LogP contribution in [0, 0.1) is 6.92 Å². The highest BCUT2D eigenvalue weighted by atomic mass is 16.5. The van der Waals surface area contributed by atoms with E-state index in [0.717, 1.165) is 82.9 Å². The summed E-state index contributed by atoms with van der Waals surface area (Å²) in [7, 11) is 2.10. The van der Waals surface area contributed by atoms with E-state index in [-0.39, 0.29) is 0 Å². The molecule has 5 rings (SSSR count). The summed E-state index contributed by atoms with van der Waals surface area (Å²) in [6, 6.07) is 2.12. The first-order chi connectivity index (χ1) is 14.2. The fraction of sp³-hybridized carbons (Fsp3) is 0.667. The topological polar surface area (TPSA) is 62.5 Å². The van der Waals surface area contributed by atoms with E-state index < -0.39 is 0 Å². The molecule has 0 radical (unpaired) electrons. The van der Waals surface area contributed by atoms with Crippen molar-refractivity contribution in [1.29, 1.82) is 0 Å². The SMILES string of the molecule is Cc1cc(N2CCN(Cc3c4c(nn3C)CCC4)CC2)nc(N2CCOCC2)n1. The Bertz CT molecular complexity index is 866. The lowest BCUT2D eigenvalue weighted by molar-refractivity contribution is 0.122. The predicted molar refractivity (Wildman–Crippen MR) is 113 cm³/mol. The third-order valence-corrected chi connectivity index (χ3v) is 6.39. The number of aryl methyl sites for hydroxylation is 3. The van der Waals surface area contributed by atoms with E-state index in [1.165, 1.54) is 29.8 Å². The fourth-order valence-electron chi connectivity index (χ4n) is 4.73. The van der Waals surface area contributed by atoms with Gasteiger partial charge in [0.2, 0.25) is 5.95 Å². The van der Waals surface area contributed by atoms with Crippen molar-refractivity contribution in [2.24, 2.45) is 7.05 Å². The van der Waals surface area contributed by atoms with Crippen LogP contribution in [0.25, 0.3) is 0 Å². The second kappa shape index (κ2) is 7.91. The molecule has 0 amide bonds. The normalized spacial score (nSPS) is 20.3. The third-order valence-electron chi connectivity index (χ3n) is 6.39. The zero-order chi connectivity index (χ0) is 19.8. The van der Waals surface area contributed by atoms with Crippen LogP contribution in [0.5, 0.6) is 0 Å². The molecular weight excluding hydrogens is 366 g/mol. The van der Waals surface area contributed by atoms with Gasteiger partial charge in [-0.3, -0.25) is 9.58 Å². The summed E-state index contributed by atoms with van der Waals surface area (Å²) in [6.07, 6.45) is 3.61. The van der Waals surface area contributed by atoms with Crippen LogP contribution < -0.4 is 9.80 Å². The molecular formula is C21H31N7O. The Balaban J connectivity index is 1.24. The van der Waals surface area contributed by atoms with Gasteiger partial charge in [0.1, 0.15) is 5.82 Å². The Kier molecular flexibility index (Phi) is 5.13. The summed E-state index contributed by atoms with van der Waals surface area (Å²) < 4.78 is 7.58. The van der Waals surface area contributed by atoms with E-state index in [0.29, 0.717) is 0 Å². The lowest BCUT2D eigenvalue weighted by atomic mass is 10.2. The molecule has 2 aromatic heterocycles. The first-order valence-electron chi connectivity index (χ1n) is 10.9. The molecule has 0 bridgehead atoms. The standard InChI is InChI=1S/C21H31N7O/c1-16-14-20(23-21(22-16)28-10-12-29-13-11-28)27-8-6-26(7-9-27)15-19-17-4-3-5-18(17)24-25(19)2/h14H,3-13,15H2,1-2H3. The summed E-state index contributed by atoms with van der Waals surface area (Å²) in [5.41, 5.74) is 5.28. The van der Waals surface area contributed by atoms with Crippen LogP contribution in [0.1, 0.15) is 29.1 Å². The van der Waals surface area contributed by atoms with Gasteiger partial charge < -0.3 is 14.5 Å². The van der Waals surface area contributed by atoms with Crippen molar-refractivity contribution >= 4 is 11.8 Å². The molecule has 0 unspecified atom stereocenters. The van der Waals surface area contributed by atoms with Crippen molar-refractivity contribution in [3.8, 4) is 0 Å². The van der Waals surface area contributed by atoms with E-state index in [4.69, 9.17) is 14.8 Å². The fourth-order valence-corrected chi connectivity index (χ4v) is 4.73. The second-order valence-electron chi connectivity index (χ2n) is 8.38. The van der Waals surface area contributed by atoms with Gasteiger partial charge in [-0.25, -0.2) is 4.98 Å². The smallest absolute Gasteiger partial charge is 0.227 e. The summed E-state index contributed by atoms with van der Waals surface area (Å²) in [4.78, 5) is 16.8. The Morgan fingerprint density at radius 2 is 1.76 bits per heavy atom. The molecule has 0 spiro atoms. The molecule has 156 valence electrons. The molecule has 3 aliphatic rings.